The van der Waals surface area contributed by atoms with E-state index in [1.807, 2.05) is 0 Å². The predicted molar refractivity (Wildman–Crippen MR) is 84.3 cm³/mol. The smallest absolute Gasteiger partial charge is 0.320 e. The van der Waals surface area contributed by atoms with Gasteiger partial charge in [0, 0.05) is 6.42 Å². The van der Waals surface area contributed by atoms with Gasteiger partial charge in [-0.3, -0.25) is 9.59 Å². The molecule has 0 bridgehead atoms. The molecule has 0 aliphatic carbocycles. The first kappa shape index (κ1) is 27.0. The molecule has 0 aliphatic rings. The van der Waals surface area contributed by atoms with E-state index in [1.54, 1.807) is 0 Å². The van der Waals surface area contributed by atoms with E-state index in [1.165, 1.54) is 0 Å². The summed E-state index contributed by atoms with van der Waals surface area (Å²) in [4.78, 5) is 65.5. The van der Waals surface area contributed by atoms with Crippen LogP contribution in [0.5, 0.6) is 0 Å². The maximum atomic E-state index is 11.6. The minimum absolute atomic E-state index is 0. The van der Waals surface area contributed by atoms with Crippen LogP contribution in [0.15, 0.2) is 0 Å². The zero-order chi connectivity index (χ0) is 21.0. The SMILES string of the molecule is Cl.N[C@@H](CCC(=O)OCC(CO[N+](=O)[O-])(CO[N+](=O)[O-])CO[N+](=O)[O-])C(=O)O. The molecule has 0 fully saturated rings. The molecule has 0 radical (unpaired) electrons. The van der Waals surface area contributed by atoms with Crippen molar-refractivity contribution in [1.29, 1.82) is 0 Å². The van der Waals surface area contributed by atoms with Gasteiger partial charge in [0.1, 0.15) is 32.5 Å². The average molecular weight is 437 g/mol. The van der Waals surface area contributed by atoms with Gasteiger partial charge in [-0.05, 0) is 6.42 Å². The number of carbonyl (C=O) groups excluding carboxylic acids is 1. The number of carboxylic acids is 1. The molecule has 0 aliphatic heterocycles. The van der Waals surface area contributed by atoms with Gasteiger partial charge in [-0.1, -0.05) is 0 Å². The Bertz CT molecular complexity index is 528. The van der Waals surface area contributed by atoms with Gasteiger partial charge in [-0.25, -0.2) is 0 Å². The third-order valence-corrected chi connectivity index (χ3v) is 2.94. The van der Waals surface area contributed by atoms with E-state index in [2.05, 4.69) is 14.5 Å². The second-order valence-corrected chi connectivity index (χ2v) is 5.14. The van der Waals surface area contributed by atoms with Gasteiger partial charge in [0.15, 0.2) is 0 Å². The Morgan fingerprint density at radius 2 is 1.32 bits per heavy atom. The lowest BCUT2D eigenvalue weighted by atomic mass is 9.92. The van der Waals surface area contributed by atoms with Crippen LogP contribution in [0, 0.1) is 35.8 Å². The van der Waals surface area contributed by atoms with E-state index in [9.17, 15) is 39.9 Å². The number of rotatable bonds is 15. The lowest BCUT2D eigenvalue weighted by Gasteiger charge is -2.29. The second kappa shape index (κ2) is 13.0. The number of esters is 1. The van der Waals surface area contributed by atoms with Crippen molar-refractivity contribution in [3.63, 3.8) is 0 Å². The van der Waals surface area contributed by atoms with Crippen LogP contribution in [0.3, 0.4) is 0 Å². The summed E-state index contributed by atoms with van der Waals surface area (Å²) in [5.74, 6) is -2.38. The number of nitrogens with zero attached hydrogens (tertiary/aromatic N) is 3. The lowest BCUT2D eigenvalue weighted by Crippen LogP contribution is -2.44. The molecule has 0 spiro atoms. The normalized spacial score (nSPS) is 11.3. The van der Waals surface area contributed by atoms with Gasteiger partial charge in [0.25, 0.3) is 15.3 Å². The second-order valence-electron chi connectivity index (χ2n) is 5.14. The molecule has 0 heterocycles. The third-order valence-electron chi connectivity index (χ3n) is 2.94. The highest BCUT2D eigenvalue weighted by Gasteiger charge is 2.37. The number of ether oxygens (including phenoxy) is 1. The minimum Gasteiger partial charge on any atom is -0.480 e. The molecule has 0 saturated carbocycles. The number of carbonyl (C=O) groups is 2. The molecule has 17 nitrogen and oxygen atoms in total. The highest BCUT2D eigenvalue weighted by atomic mass is 35.5. The van der Waals surface area contributed by atoms with Crippen LogP contribution in [-0.2, 0) is 28.8 Å². The standard InChI is InChI=1S/C10H16N4O13.ClH/c11-7(9(16)17)1-2-8(15)24-3-10(4-25-12(18)19,5-26-13(20)21)6-27-14(22)23;/h7H,1-6,11H2,(H,16,17);1H/t7-;/m0./s1. The van der Waals surface area contributed by atoms with Crippen molar-refractivity contribution in [2.45, 2.75) is 18.9 Å². The first-order valence-electron chi connectivity index (χ1n) is 6.93. The van der Waals surface area contributed by atoms with Crippen molar-refractivity contribution in [3.05, 3.63) is 30.3 Å². The average Bonchev–Trinajstić information content (AvgIpc) is 2.57. The summed E-state index contributed by atoms with van der Waals surface area (Å²) < 4.78 is 4.74. The predicted octanol–water partition coefficient (Wildman–Crippen LogP) is -1.25. The third kappa shape index (κ3) is 12.2. The molecule has 1 atom stereocenters. The van der Waals surface area contributed by atoms with Crippen LogP contribution in [0.1, 0.15) is 12.8 Å². The largest absolute Gasteiger partial charge is 0.480 e. The van der Waals surface area contributed by atoms with Crippen LogP contribution in [-0.4, -0.2) is 64.8 Å². The van der Waals surface area contributed by atoms with E-state index >= 15 is 0 Å². The molecule has 0 unspecified atom stereocenters. The first-order chi connectivity index (χ1) is 12.5. The number of halogens is 1. The van der Waals surface area contributed by atoms with Crippen LogP contribution in [0.2, 0.25) is 0 Å². The fourth-order valence-corrected chi connectivity index (χ4v) is 1.52. The monoisotopic (exact) mass is 436 g/mol. The van der Waals surface area contributed by atoms with E-state index in [0.29, 0.717) is 0 Å². The van der Waals surface area contributed by atoms with Crippen LogP contribution >= 0.6 is 12.4 Å². The Labute approximate surface area is 161 Å². The van der Waals surface area contributed by atoms with Crippen LogP contribution in [0.25, 0.3) is 0 Å². The summed E-state index contributed by atoms with van der Waals surface area (Å²) in [6, 6.07) is -1.35. The van der Waals surface area contributed by atoms with Crippen molar-refractivity contribution in [1.82, 2.24) is 0 Å². The molecule has 3 N–H and O–H groups in total. The Hall–Kier alpha value is -3.21. The Morgan fingerprint density at radius 3 is 1.64 bits per heavy atom. The molecule has 162 valence electrons. The highest BCUT2D eigenvalue weighted by Crippen LogP contribution is 2.21. The van der Waals surface area contributed by atoms with E-state index < -0.39 is 71.5 Å². The van der Waals surface area contributed by atoms with Crippen molar-refractivity contribution < 1.29 is 49.2 Å². The maximum absolute atomic E-state index is 11.6. The van der Waals surface area contributed by atoms with E-state index in [0.717, 1.165) is 0 Å². The van der Waals surface area contributed by atoms with Gasteiger partial charge in [0.2, 0.25) is 0 Å². The lowest BCUT2D eigenvalue weighted by molar-refractivity contribution is -0.782. The molecule has 28 heavy (non-hydrogen) atoms. The van der Waals surface area contributed by atoms with Crippen molar-refractivity contribution in [3.8, 4) is 0 Å². The topological polar surface area (TPSA) is 247 Å². The molecule has 0 aromatic heterocycles. The summed E-state index contributed by atoms with van der Waals surface area (Å²) in [6.45, 7) is -3.85. The fraction of sp³-hybridized carbons (Fsp3) is 0.800. The van der Waals surface area contributed by atoms with Gasteiger partial charge >= 0.3 is 11.9 Å². The molecule has 18 heteroatoms. The zero-order valence-electron chi connectivity index (χ0n) is 14.0. The van der Waals surface area contributed by atoms with Crippen LogP contribution < -0.4 is 5.73 Å². The highest BCUT2D eigenvalue weighted by molar-refractivity contribution is 5.85. The van der Waals surface area contributed by atoms with Crippen LogP contribution in [0.4, 0.5) is 0 Å². The first-order valence-corrected chi connectivity index (χ1v) is 6.93. The zero-order valence-corrected chi connectivity index (χ0v) is 14.8. The summed E-state index contributed by atoms with van der Waals surface area (Å²) in [5.41, 5.74) is 3.22. The molecular formula is C10H17ClN4O13. The summed E-state index contributed by atoms with van der Waals surface area (Å²) in [5, 5.41) is 35.8. The fourth-order valence-electron chi connectivity index (χ4n) is 1.52. The quantitative estimate of drug-likeness (QED) is 0.173. The van der Waals surface area contributed by atoms with Gasteiger partial charge in [0.05, 0.1) is 5.41 Å². The number of hydrogen-bond acceptors (Lipinski definition) is 13. The minimum atomic E-state index is -1.97. The Morgan fingerprint density at radius 1 is 0.929 bits per heavy atom. The summed E-state index contributed by atoms with van der Waals surface area (Å²) in [7, 11) is 0. The number of hydrogen-bond donors (Lipinski definition) is 2. The number of nitrogens with two attached hydrogens (primary N) is 1. The van der Waals surface area contributed by atoms with Crippen molar-refractivity contribution in [2.24, 2.45) is 11.1 Å². The van der Waals surface area contributed by atoms with Gasteiger partial charge < -0.3 is 30.1 Å². The number of aliphatic carboxylic acids is 1. The van der Waals surface area contributed by atoms with Crippen molar-refractivity contribution in [2.75, 3.05) is 26.4 Å². The van der Waals surface area contributed by atoms with E-state index in [4.69, 9.17) is 15.6 Å². The molecular weight excluding hydrogens is 420 g/mol. The molecule has 0 aromatic rings. The Kier molecular flexibility index (Phi) is 12.6. The molecule has 0 amide bonds. The number of carboxylic acid groups (broad SMARTS) is 1. The van der Waals surface area contributed by atoms with Crippen molar-refractivity contribution >= 4 is 24.3 Å². The molecule has 0 saturated heterocycles. The summed E-state index contributed by atoms with van der Waals surface area (Å²) in [6.07, 6.45) is -0.769. The van der Waals surface area contributed by atoms with E-state index in [-0.39, 0.29) is 18.8 Å². The Balaban J connectivity index is 0. The molecule has 0 aromatic carbocycles. The summed E-state index contributed by atoms with van der Waals surface area (Å²) >= 11 is 0. The molecule has 0 rings (SSSR count). The van der Waals surface area contributed by atoms with Gasteiger partial charge in [-0.15, -0.1) is 42.7 Å². The maximum Gasteiger partial charge on any atom is 0.320 e. The van der Waals surface area contributed by atoms with Gasteiger partial charge in [-0.2, -0.15) is 0 Å².